The first kappa shape index (κ1) is 22.5. The number of benzene rings is 3. The third-order valence-electron chi connectivity index (χ3n) is 4.88. The van der Waals surface area contributed by atoms with Crippen LogP contribution >= 0.6 is 45.9 Å². The molecule has 2 aromatic heterocycles. The number of hydrogen-bond acceptors (Lipinski definition) is 6. The topological polar surface area (TPSA) is 84.0 Å². The predicted molar refractivity (Wildman–Crippen MR) is 140 cm³/mol. The standard InChI is InChI=1S/C24H14Cl2N4O2S2/c25-14-10-11-16-18(12-14)33-20(19(16)26)22(32)27-17-9-5-4-8-15(17)21(31)28-24-30-29-23(34-24)13-6-2-1-3-7-13/h1-12H,(H,27,32)(H,28,30,31). The van der Waals surface area contributed by atoms with E-state index < -0.39 is 11.8 Å². The summed E-state index contributed by atoms with van der Waals surface area (Å²) in [5.41, 5.74) is 1.55. The summed E-state index contributed by atoms with van der Waals surface area (Å²) in [5, 5.41) is 16.5. The van der Waals surface area contributed by atoms with Crippen LogP contribution < -0.4 is 10.6 Å². The Hall–Kier alpha value is -3.30. The fourth-order valence-corrected chi connectivity index (χ4v) is 5.72. The molecule has 0 spiro atoms. The molecule has 0 saturated carbocycles. The molecule has 3 aromatic carbocycles. The van der Waals surface area contributed by atoms with Gasteiger partial charge in [-0.25, -0.2) is 0 Å². The van der Waals surface area contributed by atoms with Crippen LogP contribution in [0.3, 0.4) is 0 Å². The Kier molecular flexibility index (Phi) is 6.30. The van der Waals surface area contributed by atoms with Gasteiger partial charge in [-0.1, -0.05) is 83.1 Å². The van der Waals surface area contributed by atoms with Crippen molar-refractivity contribution in [1.82, 2.24) is 10.2 Å². The second-order valence-corrected chi connectivity index (χ2v) is 9.96. The highest BCUT2D eigenvalue weighted by atomic mass is 35.5. The molecule has 2 heterocycles. The minimum atomic E-state index is -0.416. The molecule has 0 saturated heterocycles. The monoisotopic (exact) mass is 524 g/mol. The minimum Gasteiger partial charge on any atom is -0.320 e. The number of amides is 2. The molecule has 2 amide bonds. The number of halogens is 2. The zero-order chi connectivity index (χ0) is 23.7. The number of carbonyl (C=O) groups excluding carboxylic acids is 2. The maximum Gasteiger partial charge on any atom is 0.267 e. The Morgan fingerprint density at radius 1 is 0.794 bits per heavy atom. The molecule has 0 bridgehead atoms. The molecule has 0 aliphatic rings. The van der Waals surface area contributed by atoms with Crippen molar-refractivity contribution in [2.75, 3.05) is 10.6 Å². The lowest BCUT2D eigenvalue weighted by atomic mass is 10.1. The molecule has 34 heavy (non-hydrogen) atoms. The number of fused-ring (bicyclic) bond motifs is 1. The second-order valence-electron chi connectivity index (χ2n) is 7.12. The molecule has 0 aliphatic carbocycles. The van der Waals surface area contributed by atoms with Gasteiger partial charge in [0.25, 0.3) is 11.8 Å². The first-order chi connectivity index (χ1) is 16.5. The lowest BCUT2D eigenvalue weighted by Crippen LogP contribution is -2.17. The Balaban J connectivity index is 1.37. The fourth-order valence-electron chi connectivity index (χ4n) is 3.29. The predicted octanol–water partition coefficient (Wildman–Crippen LogP) is 7.23. The van der Waals surface area contributed by atoms with Crippen molar-refractivity contribution in [3.8, 4) is 10.6 Å². The number of aromatic nitrogens is 2. The number of hydrogen-bond donors (Lipinski definition) is 2. The van der Waals surface area contributed by atoms with Gasteiger partial charge in [0.15, 0.2) is 0 Å². The van der Waals surface area contributed by atoms with E-state index in [0.717, 1.165) is 15.6 Å². The molecule has 0 fully saturated rings. The average molecular weight is 525 g/mol. The Morgan fingerprint density at radius 3 is 2.38 bits per heavy atom. The van der Waals surface area contributed by atoms with Crippen LogP contribution in [0.5, 0.6) is 0 Å². The second kappa shape index (κ2) is 9.52. The number of carbonyl (C=O) groups is 2. The summed E-state index contributed by atoms with van der Waals surface area (Å²) < 4.78 is 0.805. The molecule has 5 rings (SSSR count). The van der Waals surface area contributed by atoms with Crippen molar-refractivity contribution in [1.29, 1.82) is 0 Å². The Morgan fingerprint density at radius 2 is 1.56 bits per heavy atom. The largest absolute Gasteiger partial charge is 0.320 e. The summed E-state index contributed by atoms with van der Waals surface area (Å²) in [7, 11) is 0. The molecule has 168 valence electrons. The normalized spacial score (nSPS) is 10.9. The molecule has 0 aliphatic heterocycles. The maximum atomic E-state index is 13.0. The molecule has 5 aromatic rings. The summed E-state index contributed by atoms with van der Waals surface area (Å²) in [6, 6.07) is 21.6. The molecule has 0 atom stereocenters. The fraction of sp³-hybridized carbons (Fsp3) is 0. The van der Waals surface area contributed by atoms with E-state index in [4.69, 9.17) is 23.2 Å². The first-order valence-corrected chi connectivity index (χ1v) is 12.4. The highest BCUT2D eigenvalue weighted by Gasteiger charge is 2.20. The van der Waals surface area contributed by atoms with Crippen LogP contribution in [0.4, 0.5) is 10.8 Å². The minimum absolute atomic E-state index is 0.285. The summed E-state index contributed by atoms with van der Waals surface area (Å²) in [6.45, 7) is 0. The average Bonchev–Trinajstić information content (AvgIpc) is 3.44. The van der Waals surface area contributed by atoms with Gasteiger partial charge in [-0.2, -0.15) is 0 Å². The zero-order valence-electron chi connectivity index (χ0n) is 17.2. The van der Waals surface area contributed by atoms with E-state index in [0.29, 0.717) is 30.7 Å². The summed E-state index contributed by atoms with van der Waals surface area (Å²) in [4.78, 5) is 26.3. The molecule has 0 unspecified atom stereocenters. The highest BCUT2D eigenvalue weighted by Crippen LogP contribution is 2.37. The van der Waals surface area contributed by atoms with Gasteiger partial charge in [-0.05, 0) is 24.3 Å². The number of thiophene rings is 1. The van der Waals surface area contributed by atoms with Gasteiger partial charge in [-0.15, -0.1) is 21.5 Å². The first-order valence-electron chi connectivity index (χ1n) is 9.98. The lowest BCUT2D eigenvalue weighted by molar-refractivity contribution is 0.102. The van der Waals surface area contributed by atoms with Crippen molar-refractivity contribution in [3.05, 3.63) is 93.3 Å². The molecular formula is C24H14Cl2N4O2S2. The van der Waals surface area contributed by atoms with E-state index >= 15 is 0 Å². The quantitative estimate of drug-likeness (QED) is 0.254. The molecule has 10 heteroatoms. The van der Waals surface area contributed by atoms with Gasteiger partial charge in [0, 0.05) is 20.7 Å². The SMILES string of the molecule is O=C(Nc1nnc(-c2ccccc2)s1)c1ccccc1NC(=O)c1sc2cc(Cl)ccc2c1Cl. The van der Waals surface area contributed by atoms with E-state index in [9.17, 15) is 9.59 Å². The van der Waals surface area contributed by atoms with Gasteiger partial charge in [0.05, 0.1) is 16.3 Å². The van der Waals surface area contributed by atoms with Crippen LogP contribution in [0.2, 0.25) is 10.0 Å². The maximum absolute atomic E-state index is 13.0. The molecule has 6 nitrogen and oxygen atoms in total. The van der Waals surface area contributed by atoms with Crippen molar-refractivity contribution in [3.63, 3.8) is 0 Å². The van der Waals surface area contributed by atoms with Crippen LogP contribution in [0.25, 0.3) is 20.7 Å². The van der Waals surface area contributed by atoms with Crippen molar-refractivity contribution >= 4 is 78.6 Å². The van der Waals surface area contributed by atoms with Gasteiger partial charge >= 0.3 is 0 Å². The van der Waals surface area contributed by atoms with E-state index in [-0.39, 0.29) is 5.56 Å². The van der Waals surface area contributed by atoms with Crippen LogP contribution in [0, 0.1) is 0 Å². The number of nitrogens with one attached hydrogen (secondary N) is 2. The highest BCUT2D eigenvalue weighted by molar-refractivity contribution is 7.21. The van der Waals surface area contributed by atoms with Crippen LogP contribution in [0.1, 0.15) is 20.0 Å². The molecule has 2 N–H and O–H groups in total. The third kappa shape index (κ3) is 4.53. The van der Waals surface area contributed by atoms with Gasteiger partial charge in [0.1, 0.15) is 9.88 Å². The van der Waals surface area contributed by atoms with Crippen LogP contribution in [0.15, 0.2) is 72.8 Å². The zero-order valence-corrected chi connectivity index (χ0v) is 20.4. The van der Waals surface area contributed by atoms with Crippen LogP contribution in [-0.4, -0.2) is 22.0 Å². The van der Waals surface area contributed by atoms with Crippen molar-refractivity contribution in [2.24, 2.45) is 0 Å². The number of anilines is 2. The lowest BCUT2D eigenvalue weighted by Gasteiger charge is -2.10. The summed E-state index contributed by atoms with van der Waals surface area (Å²) >= 11 is 15.0. The number of rotatable bonds is 5. The molecular weight excluding hydrogens is 511 g/mol. The van der Waals surface area contributed by atoms with Crippen molar-refractivity contribution < 1.29 is 9.59 Å². The van der Waals surface area contributed by atoms with E-state index in [1.807, 2.05) is 30.3 Å². The third-order valence-corrected chi connectivity index (χ3v) is 7.66. The van der Waals surface area contributed by atoms with E-state index in [1.165, 1.54) is 22.7 Å². The molecule has 0 radical (unpaired) electrons. The summed E-state index contributed by atoms with van der Waals surface area (Å²) in [5.74, 6) is -0.828. The van der Waals surface area contributed by atoms with E-state index in [2.05, 4.69) is 20.8 Å². The van der Waals surface area contributed by atoms with Gasteiger partial charge in [-0.3, -0.25) is 14.9 Å². The Labute approximate surface area is 212 Å². The van der Waals surface area contributed by atoms with Gasteiger partial charge < -0.3 is 5.32 Å². The number of para-hydroxylation sites is 1. The van der Waals surface area contributed by atoms with Crippen LogP contribution in [-0.2, 0) is 0 Å². The van der Waals surface area contributed by atoms with E-state index in [1.54, 1.807) is 42.5 Å². The van der Waals surface area contributed by atoms with Gasteiger partial charge in [0.2, 0.25) is 5.13 Å². The van der Waals surface area contributed by atoms with Crippen molar-refractivity contribution in [2.45, 2.75) is 0 Å². The summed E-state index contributed by atoms with van der Waals surface area (Å²) in [6.07, 6.45) is 0. The smallest absolute Gasteiger partial charge is 0.267 e. The number of nitrogens with zero attached hydrogens (tertiary/aromatic N) is 2. The Bertz CT molecular complexity index is 1530.